The van der Waals surface area contributed by atoms with E-state index in [1.54, 1.807) is 6.07 Å². The number of pyridine rings is 1. The van der Waals surface area contributed by atoms with Gasteiger partial charge in [0.1, 0.15) is 11.6 Å². The molecule has 0 unspecified atom stereocenters. The predicted molar refractivity (Wildman–Crippen MR) is 87.8 cm³/mol. The number of carbonyl (C=O) groups is 1. The van der Waals surface area contributed by atoms with Crippen LogP contribution < -0.4 is 10.1 Å². The van der Waals surface area contributed by atoms with E-state index >= 15 is 0 Å². The van der Waals surface area contributed by atoms with Gasteiger partial charge in [0, 0.05) is 12.7 Å². The highest BCUT2D eigenvalue weighted by atomic mass is 16.5. The van der Waals surface area contributed by atoms with Crippen LogP contribution in [0.2, 0.25) is 0 Å². The largest absolute Gasteiger partial charge is 0.494 e. The number of hydrogen-bond donors (Lipinski definition) is 2. The molecule has 5 nitrogen and oxygen atoms in total. The molecule has 1 aliphatic carbocycles. The van der Waals surface area contributed by atoms with Crippen LogP contribution in [0.4, 0.5) is 5.82 Å². The van der Waals surface area contributed by atoms with Crippen LogP contribution in [0.5, 0.6) is 5.75 Å². The van der Waals surface area contributed by atoms with Crippen LogP contribution in [-0.4, -0.2) is 22.7 Å². The van der Waals surface area contributed by atoms with Gasteiger partial charge in [0.25, 0.3) is 0 Å². The van der Waals surface area contributed by atoms with Crippen LogP contribution in [-0.2, 0) is 6.54 Å². The molecule has 0 spiro atoms. The van der Waals surface area contributed by atoms with E-state index < -0.39 is 5.97 Å². The lowest BCUT2D eigenvalue weighted by Gasteiger charge is -2.09. The summed E-state index contributed by atoms with van der Waals surface area (Å²) in [5.74, 6) is 1.44. The minimum Gasteiger partial charge on any atom is -0.494 e. The Bertz CT molecular complexity index is 666. The summed E-state index contributed by atoms with van der Waals surface area (Å²) in [7, 11) is 0. The number of rotatable bonds is 8. The smallest absolute Gasteiger partial charge is 0.337 e. The van der Waals surface area contributed by atoms with Gasteiger partial charge >= 0.3 is 5.97 Å². The van der Waals surface area contributed by atoms with Crippen molar-refractivity contribution in [3.05, 3.63) is 53.7 Å². The molecule has 1 aromatic carbocycles. The molecule has 0 amide bonds. The summed E-state index contributed by atoms with van der Waals surface area (Å²) < 4.78 is 5.78. The van der Waals surface area contributed by atoms with Gasteiger partial charge in [-0.1, -0.05) is 25.0 Å². The zero-order valence-electron chi connectivity index (χ0n) is 12.9. The van der Waals surface area contributed by atoms with Gasteiger partial charge in [-0.2, -0.15) is 0 Å². The van der Waals surface area contributed by atoms with Crippen LogP contribution in [0.25, 0.3) is 0 Å². The lowest BCUT2D eigenvalue weighted by Crippen LogP contribution is -2.04. The van der Waals surface area contributed by atoms with Crippen LogP contribution in [0.3, 0.4) is 0 Å². The van der Waals surface area contributed by atoms with Gasteiger partial charge in [0.05, 0.1) is 12.2 Å². The minimum absolute atomic E-state index is 0.182. The quantitative estimate of drug-likeness (QED) is 0.779. The summed E-state index contributed by atoms with van der Waals surface area (Å²) in [6, 6.07) is 11.2. The number of nitrogens with zero attached hydrogens (tertiary/aromatic N) is 1. The third kappa shape index (κ3) is 4.71. The van der Waals surface area contributed by atoms with Crippen molar-refractivity contribution in [3.63, 3.8) is 0 Å². The van der Waals surface area contributed by atoms with Crippen LogP contribution in [0.1, 0.15) is 35.2 Å². The summed E-state index contributed by atoms with van der Waals surface area (Å²) in [5.41, 5.74) is 1.28. The van der Waals surface area contributed by atoms with Crippen LogP contribution >= 0.6 is 0 Å². The molecule has 1 fully saturated rings. The van der Waals surface area contributed by atoms with E-state index in [2.05, 4.69) is 10.3 Å². The summed E-state index contributed by atoms with van der Waals surface area (Å²) >= 11 is 0. The Morgan fingerprint density at radius 1 is 1.30 bits per heavy atom. The van der Waals surface area contributed by atoms with Crippen molar-refractivity contribution >= 4 is 11.8 Å². The topological polar surface area (TPSA) is 71.5 Å². The minimum atomic E-state index is -0.972. The zero-order chi connectivity index (χ0) is 16.1. The highest BCUT2D eigenvalue weighted by molar-refractivity contribution is 5.87. The molecule has 0 bridgehead atoms. The van der Waals surface area contributed by atoms with Crippen molar-refractivity contribution in [2.75, 3.05) is 11.9 Å². The molecule has 120 valence electrons. The van der Waals surface area contributed by atoms with E-state index in [-0.39, 0.29) is 5.56 Å². The maximum Gasteiger partial charge on any atom is 0.337 e. The highest BCUT2D eigenvalue weighted by Crippen LogP contribution is 2.32. The first kappa shape index (κ1) is 15.3. The van der Waals surface area contributed by atoms with E-state index in [9.17, 15) is 4.79 Å². The van der Waals surface area contributed by atoms with Crippen molar-refractivity contribution in [3.8, 4) is 5.75 Å². The average Bonchev–Trinajstić information content (AvgIpc) is 3.38. The fourth-order valence-corrected chi connectivity index (χ4v) is 2.31. The number of hydrogen-bond acceptors (Lipinski definition) is 4. The second-order valence-electron chi connectivity index (χ2n) is 5.82. The predicted octanol–water partition coefficient (Wildman–Crippen LogP) is 3.57. The van der Waals surface area contributed by atoms with Crippen molar-refractivity contribution in [1.29, 1.82) is 0 Å². The number of carboxylic acids is 1. The Balaban J connectivity index is 1.51. The fourth-order valence-electron chi connectivity index (χ4n) is 2.31. The number of ether oxygens (including phenoxy) is 1. The van der Waals surface area contributed by atoms with Gasteiger partial charge in [0.15, 0.2) is 0 Å². The normalized spacial score (nSPS) is 13.6. The van der Waals surface area contributed by atoms with Gasteiger partial charge in [-0.05, 0) is 42.2 Å². The average molecular weight is 312 g/mol. The third-order valence-corrected chi connectivity index (χ3v) is 3.87. The van der Waals surface area contributed by atoms with E-state index in [4.69, 9.17) is 9.84 Å². The van der Waals surface area contributed by atoms with Crippen LogP contribution in [0.15, 0.2) is 42.6 Å². The summed E-state index contributed by atoms with van der Waals surface area (Å²) in [6.07, 6.45) is 5.19. The molecule has 0 aliphatic heterocycles. The molecule has 1 aromatic heterocycles. The molecule has 1 heterocycles. The van der Waals surface area contributed by atoms with E-state index in [0.29, 0.717) is 12.4 Å². The second-order valence-corrected chi connectivity index (χ2v) is 5.82. The Kier molecular flexibility index (Phi) is 4.76. The molecule has 1 aliphatic rings. The standard InChI is InChI=1S/C18H20N2O3/c21-18(22)15-6-7-17(20-12-15)19-11-14-2-1-3-16(10-14)23-9-8-13-4-5-13/h1-3,6-7,10,12-13H,4-5,8-9,11H2,(H,19,20)(H,21,22). The molecule has 0 saturated heterocycles. The summed E-state index contributed by atoms with van der Waals surface area (Å²) in [6.45, 7) is 1.39. The molecular weight excluding hydrogens is 292 g/mol. The number of aromatic nitrogens is 1. The maximum atomic E-state index is 10.8. The number of carboxylic acid groups (broad SMARTS) is 1. The van der Waals surface area contributed by atoms with Gasteiger partial charge in [-0.3, -0.25) is 0 Å². The highest BCUT2D eigenvalue weighted by Gasteiger charge is 2.20. The molecule has 5 heteroatoms. The molecule has 3 rings (SSSR count). The number of benzene rings is 1. The number of nitrogens with one attached hydrogen (secondary N) is 1. The van der Waals surface area contributed by atoms with Gasteiger partial charge < -0.3 is 15.2 Å². The molecule has 2 N–H and O–H groups in total. The lowest BCUT2D eigenvalue weighted by atomic mass is 10.2. The molecular formula is C18H20N2O3. The Morgan fingerprint density at radius 3 is 2.87 bits per heavy atom. The van der Waals surface area contributed by atoms with Gasteiger partial charge in [0.2, 0.25) is 0 Å². The van der Waals surface area contributed by atoms with Gasteiger partial charge in [-0.15, -0.1) is 0 Å². The number of anilines is 1. The Hall–Kier alpha value is -2.56. The van der Waals surface area contributed by atoms with Crippen molar-refractivity contribution in [2.24, 2.45) is 5.92 Å². The number of aromatic carboxylic acids is 1. The molecule has 23 heavy (non-hydrogen) atoms. The Labute approximate surface area is 135 Å². The van der Waals surface area contributed by atoms with Crippen LogP contribution in [0, 0.1) is 5.92 Å². The Morgan fingerprint density at radius 2 is 2.17 bits per heavy atom. The molecule has 0 atom stereocenters. The first-order valence-corrected chi connectivity index (χ1v) is 7.85. The SMILES string of the molecule is O=C(O)c1ccc(NCc2cccc(OCCC3CC3)c2)nc1. The summed E-state index contributed by atoms with van der Waals surface area (Å²) in [5, 5.41) is 12.0. The monoisotopic (exact) mass is 312 g/mol. The van der Waals surface area contributed by atoms with E-state index in [1.165, 1.54) is 25.1 Å². The molecule has 2 aromatic rings. The molecule has 0 radical (unpaired) electrons. The first-order valence-electron chi connectivity index (χ1n) is 7.85. The summed E-state index contributed by atoms with van der Waals surface area (Å²) in [4.78, 5) is 14.9. The van der Waals surface area contributed by atoms with Crippen molar-refractivity contribution < 1.29 is 14.6 Å². The van der Waals surface area contributed by atoms with E-state index in [1.807, 2.05) is 24.3 Å². The van der Waals surface area contributed by atoms with Crippen molar-refractivity contribution in [1.82, 2.24) is 4.98 Å². The fraction of sp³-hybridized carbons (Fsp3) is 0.333. The zero-order valence-corrected chi connectivity index (χ0v) is 12.9. The second kappa shape index (κ2) is 7.13. The first-order chi connectivity index (χ1) is 11.2. The third-order valence-electron chi connectivity index (χ3n) is 3.87. The molecule has 1 saturated carbocycles. The maximum absolute atomic E-state index is 10.8. The van der Waals surface area contributed by atoms with E-state index in [0.717, 1.165) is 30.3 Å². The lowest BCUT2D eigenvalue weighted by molar-refractivity contribution is 0.0696. The van der Waals surface area contributed by atoms with Crippen molar-refractivity contribution in [2.45, 2.75) is 25.8 Å². The van der Waals surface area contributed by atoms with Gasteiger partial charge in [-0.25, -0.2) is 9.78 Å².